The second kappa shape index (κ2) is 7.13. The number of likely N-dealkylation sites (tertiary alicyclic amines) is 1. The topological polar surface area (TPSA) is 55.6 Å². The van der Waals surface area contributed by atoms with Crippen LogP contribution >= 0.6 is 0 Å². The van der Waals surface area contributed by atoms with Crippen molar-refractivity contribution in [3.05, 3.63) is 0 Å². The highest BCUT2D eigenvalue weighted by Gasteiger charge is 2.28. The maximum absolute atomic E-state index is 10.8. The van der Waals surface area contributed by atoms with Gasteiger partial charge in [0.05, 0.1) is 0 Å². The van der Waals surface area contributed by atoms with Crippen molar-refractivity contribution in [2.24, 2.45) is 17.6 Å². The van der Waals surface area contributed by atoms with Crippen molar-refractivity contribution in [2.45, 2.75) is 59.0 Å². The minimum Gasteiger partial charge on any atom is -0.444 e. The molecular weight excluding hydrogens is 240 g/mol. The fourth-order valence-electron chi connectivity index (χ4n) is 2.86. The van der Waals surface area contributed by atoms with Crippen molar-refractivity contribution in [3.63, 3.8) is 0 Å². The van der Waals surface area contributed by atoms with Crippen molar-refractivity contribution in [1.29, 1.82) is 0 Å². The van der Waals surface area contributed by atoms with Gasteiger partial charge >= 0.3 is 6.09 Å². The van der Waals surface area contributed by atoms with Crippen molar-refractivity contribution >= 4 is 6.09 Å². The molecule has 0 atom stereocenters. The van der Waals surface area contributed by atoms with Gasteiger partial charge in [0.15, 0.2) is 0 Å². The second-order valence-corrected chi connectivity index (χ2v) is 6.85. The SMILES string of the molecule is CC(C)CCN1CCC(CC(C)(C)OC(N)=O)CC1. The molecule has 112 valence electrons. The number of piperidine rings is 1. The van der Waals surface area contributed by atoms with Crippen LogP contribution in [0.3, 0.4) is 0 Å². The smallest absolute Gasteiger partial charge is 0.405 e. The number of rotatable bonds is 6. The van der Waals surface area contributed by atoms with E-state index in [1.54, 1.807) is 0 Å². The van der Waals surface area contributed by atoms with Crippen LogP contribution in [0.2, 0.25) is 0 Å². The van der Waals surface area contributed by atoms with Crippen LogP contribution in [0, 0.1) is 11.8 Å². The van der Waals surface area contributed by atoms with Gasteiger partial charge < -0.3 is 15.4 Å². The van der Waals surface area contributed by atoms with Crippen LogP contribution in [-0.4, -0.2) is 36.2 Å². The maximum Gasteiger partial charge on any atom is 0.405 e. The fraction of sp³-hybridized carbons (Fsp3) is 0.933. The first-order valence-electron chi connectivity index (χ1n) is 7.49. The van der Waals surface area contributed by atoms with Crippen molar-refractivity contribution in [3.8, 4) is 0 Å². The Morgan fingerprint density at radius 2 is 1.95 bits per heavy atom. The summed E-state index contributed by atoms with van der Waals surface area (Å²) in [5.74, 6) is 1.42. The lowest BCUT2D eigenvalue weighted by atomic mass is 9.86. The van der Waals surface area contributed by atoms with Crippen LogP contribution in [0.5, 0.6) is 0 Å². The summed E-state index contributed by atoms with van der Waals surface area (Å²) in [4.78, 5) is 13.4. The molecule has 0 aromatic heterocycles. The van der Waals surface area contributed by atoms with E-state index in [4.69, 9.17) is 10.5 Å². The summed E-state index contributed by atoms with van der Waals surface area (Å²) < 4.78 is 5.17. The van der Waals surface area contributed by atoms with Gasteiger partial charge in [-0.1, -0.05) is 13.8 Å². The van der Waals surface area contributed by atoms with Gasteiger partial charge in [-0.3, -0.25) is 0 Å². The Bertz CT molecular complexity index is 282. The quantitative estimate of drug-likeness (QED) is 0.807. The van der Waals surface area contributed by atoms with E-state index in [1.165, 1.54) is 38.9 Å². The standard InChI is InChI=1S/C15H30N2O2/c1-12(2)5-8-17-9-6-13(7-10-17)11-15(3,4)19-14(16)18/h12-13H,5-11H2,1-4H3,(H2,16,18). The molecule has 0 aromatic rings. The number of primary amides is 1. The van der Waals surface area contributed by atoms with Crippen LogP contribution in [0.4, 0.5) is 4.79 Å². The lowest BCUT2D eigenvalue weighted by Crippen LogP contribution is -2.39. The van der Waals surface area contributed by atoms with Gasteiger partial charge in [-0.05, 0) is 71.0 Å². The van der Waals surface area contributed by atoms with E-state index in [1.807, 2.05) is 13.8 Å². The molecule has 19 heavy (non-hydrogen) atoms. The Balaban J connectivity index is 2.28. The van der Waals surface area contributed by atoms with Crippen LogP contribution in [0.25, 0.3) is 0 Å². The summed E-state index contributed by atoms with van der Waals surface area (Å²) in [6.07, 6.45) is 3.92. The summed E-state index contributed by atoms with van der Waals surface area (Å²) in [5, 5.41) is 0. The molecule has 0 bridgehead atoms. The molecule has 4 heteroatoms. The number of ether oxygens (including phenoxy) is 1. The van der Waals surface area contributed by atoms with Gasteiger partial charge in [-0.15, -0.1) is 0 Å². The summed E-state index contributed by atoms with van der Waals surface area (Å²) in [6.45, 7) is 12.0. The van der Waals surface area contributed by atoms with Crippen LogP contribution in [0.1, 0.15) is 53.4 Å². The highest BCUT2D eigenvalue weighted by molar-refractivity contribution is 5.65. The molecule has 1 fully saturated rings. The van der Waals surface area contributed by atoms with Crippen LogP contribution in [-0.2, 0) is 4.74 Å². The second-order valence-electron chi connectivity index (χ2n) is 6.85. The number of carbonyl (C=O) groups is 1. The largest absolute Gasteiger partial charge is 0.444 e. The summed E-state index contributed by atoms with van der Waals surface area (Å²) in [7, 11) is 0. The van der Waals surface area contributed by atoms with E-state index < -0.39 is 11.7 Å². The first-order valence-corrected chi connectivity index (χ1v) is 7.49. The van der Waals surface area contributed by atoms with Gasteiger partial charge in [0.25, 0.3) is 0 Å². The van der Waals surface area contributed by atoms with Crippen molar-refractivity contribution in [2.75, 3.05) is 19.6 Å². The Morgan fingerprint density at radius 1 is 1.37 bits per heavy atom. The van der Waals surface area contributed by atoms with Crippen molar-refractivity contribution in [1.82, 2.24) is 4.90 Å². The molecule has 4 nitrogen and oxygen atoms in total. The maximum atomic E-state index is 10.8. The van der Waals surface area contributed by atoms with Gasteiger partial charge in [0.1, 0.15) is 5.60 Å². The zero-order valence-electron chi connectivity index (χ0n) is 12.9. The van der Waals surface area contributed by atoms with E-state index in [-0.39, 0.29) is 0 Å². The molecule has 0 radical (unpaired) electrons. The van der Waals surface area contributed by atoms with Gasteiger partial charge in [0, 0.05) is 0 Å². The minimum atomic E-state index is -0.667. The summed E-state index contributed by atoms with van der Waals surface area (Å²) in [5.41, 5.74) is 4.67. The molecule has 1 heterocycles. The zero-order chi connectivity index (χ0) is 14.5. The van der Waals surface area contributed by atoms with Gasteiger partial charge in [-0.25, -0.2) is 4.79 Å². The molecule has 1 aliphatic heterocycles. The average molecular weight is 270 g/mol. The highest BCUT2D eigenvalue weighted by Crippen LogP contribution is 2.28. The number of hydrogen-bond donors (Lipinski definition) is 1. The van der Waals surface area contributed by atoms with Gasteiger partial charge in [-0.2, -0.15) is 0 Å². The average Bonchev–Trinajstić information content (AvgIpc) is 2.25. The lowest BCUT2D eigenvalue weighted by Gasteiger charge is -2.36. The number of nitrogens with two attached hydrogens (primary N) is 1. The Labute approximate surface area is 117 Å². The number of amides is 1. The molecular formula is C15H30N2O2. The number of hydrogen-bond acceptors (Lipinski definition) is 3. The first-order chi connectivity index (χ1) is 8.78. The Morgan fingerprint density at radius 3 is 2.42 bits per heavy atom. The first kappa shape index (κ1) is 16.3. The molecule has 1 saturated heterocycles. The third-order valence-corrected chi connectivity index (χ3v) is 3.89. The molecule has 0 saturated carbocycles. The highest BCUT2D eigenvalue weighted by atomic mass is 16.6. The molecule has 1 aliphatic rings. The summed E-state index contributed by atoms with van der Waals surface area (Å²) in [6, 6.07) is 0. The molecule has 0 unspecified atom stereocenters. The minimum absolute atomic E-state index is 0.434. The van der Waals surface area contributed by atoms with E-state index in [2.05, 4.69) is 18.7 Å². The van der Waals surface area contributed by atoms with E-state index in [0.717, 1.165) is 12.3 Å². The lowest BCUT2D eigenvalue weighted by molar-refractivity contribution is 0.0169. The third kappa shape index (κ3) is 6.81. The molecule has 0 spiro atoms. The molecule has 1 rings (SSSR count). The van der Waals surface area contributed by atoms with E-state index in [0.29, 0.717) is 5.92 Å². The molecule has 1 amide bonds. The molecule has 0 aliphatic carbocycles. The van der Waals surface area contributed by atoms with Gasteiger partial charge in [0.2, 0.25) is 0 Å². The molecule has 2 N–H and O–H groups in total. The number of carbonyl (C=O) groups excluding carboxylic acids is 1. The van der Waals surface area contributed by atoms with E-state index in [9.17, 15) is 4.79 Å². The molecule has 0 aromatic carbocycles. The van der Waals surface area contributed by atoms with Crippen molar-refractivity contribution < 1.29 is 9.53 Å². The Hall–Kier alpha value is -0.770. The van der Waals surface area contributed by atoms with Crippen LogP contribution < -0.4 is 5.73 Å². The summed E-state index contributed by atoms with van der Waals surface area (Å²) >= 11 is 0. The fourth-order valence-corrected chi connectivity index (χ4v) is 2.86. The normalized spacial score (nSPS) is 18.8. The zero-order valence-corrected chi connectivity index (χ0v) is 12.9. The monoisotopic (exact) mass is 270 g/mol. The number of nitrogens with zero attached hydrogens (tertiary/aromatic N) is 1. The van der Waals surface area contributed by atoms with E-state index >= 15 is 0 Å². The predicted octanol–water partition coefficient (Wildman–Crippen LogP) is 3.01. The predicted molar refractivity (Wildman–Crippen MR) is 78.0 cm³/mol. The Kier molecular flexibility index (Phi) is 6.11. The van der Waals surface area contributed by atoms with Crippen LogP contribution in [0.15, 0.2) is 0 Å². The third-order valence-electron chi connectivity index (χ3n) is 3.89.